The van der Waals surface area contributed by atoms with Crippen molar-refractivity contribution >= 4 is 23.1 Å². The molecule has 94 valence electrons. The van der Waals surface area contributed by atoms with Gasteiger partial charge in [-0.2, -0.15) is 0 Å². The van der Waals surface area contributed by atoms with E-state index in [-0.39, 0.29) is 0 Å². The number of rotatable bonds is 3. The number of aryl methyl sites for hydroxylation is 1. The first-order valence-electron chi connectivity index (χ1n) is 5.74. The van der Waals surface area contributed by atoms with Crippen molar-refractivity contribution < 1.29 is 0 Å². The van der Waals surface area contributed by atoms with Crippen molar-refractivity contribution in [2.75, 3.05) is 17.7 Å². The third-order valence-electron chi connectivity index (χ3n) is 2.77. The Morgan fingerprint density at radius 2 is 1.94 bits per heavy atom. The van der Waals surface area contributed by atoms with Gasteiger partial charge in [-0.15, -0.1) is 0 Å². The maximum absolute atomic E-state index is 5.87. The van der Waals surface area contributed by atoms with Crippen LogP contribution in [0, 0.1) is 6.92 Å². The third-order valence-corrected chi connectivity index (χ3v) is 3.02. The molecule has 0 saturated heterocycles. The van der Waals surface area contributed by atoms with Crippen molar-refractivity contribution in [3.05, 3.63) is 52.7 Å². The van der Waals surface area contributed by atoms with Crippen molar-refractivity contribution in [2.24, 2.45) is 0 Å². The van der Waals surface area contributed by atoms with Crippen LogP contribution >= 0.6 is 11.6 Å². The van der Waals surface area contributed by atoms with Gasteiger partial charge < -0.3 is 10.6 Å². The summed E-state index contributed by atoms with van der Waals surface area (Å²) in [4.78, 5) is 6.46. The molecule has 0 amide bonds. The molecule has 2 rings (SSSR count). The fraction of sp³-hybridized carbons (Fsp3) is 0.214. The van der Waals surface area contributed by atoms with Gasteiger partial charge in [0, 0.05) is 18.6 Å². The van der Waals surface area contributed by atoms with Crippen LogP contribution in [0.2, 0.25) is 5.02 Å². The molecule has 3 nitrogen and oxygen atoms in total. The minimum absolute atomic E-state index is 0.691. The van der Waals surface area contributed by atoms with Crippen molar-refractivity contribution in [1.29, 1.82) is 0 Å². The molecule has 0 aliphatic rings. The average Bonchev–Trinajstić information content (AvgIpc) is 2.32. The Kier molecular flexibility index (Phi) is 3.72. The summed E-state index contributed by atoms with van der Waals surface area (Å²) in [5.74, 6) is 0.944. The van der Waals surface area contributed by atoms with E-state index in [1.807, 2.05) is 44.3 Å². The molecule has 0 aliphatic heterocycles. The fourth-order valence-corrected chi connectivity index (χ4v) is 2.05. The fourth-order valence-electron chi connectivity index (χ4n) is 1.93. The van der Waals surface area contributed by atoms with Crippen LogP contribution in [0.15, 0.2) is 36.5 Å². The lowest BCUT2D eigenvalue weighted by atomic mass is 10.2. The summed E-state index contributed by atoms with van der Waals surface area (Å²) in [5.41, 5.74) is 8.66. The highest BCUT2D eigenvalue weighted by Gasteiger charge is 2.07. The van der Waals surface area contributed by atoms with Gasteiger partial charge in [-0.05, 0) is 36.2 Å². The van der Waals surface area contributed by atoms with E-state index in [2.05, 4.69) is 9.88 Å². The number of pyridine rings is 1. The van der Waals surface area contributed by atoms with Gasteiger partial charge in [0.15, 0.2) is 0 Å². The van der Waals surface area contributed by atoms with E-state index in [9.17, 15) is 0 Å². The van der Waals surface area contributed by atoms with Crippen LogP contribution in [0.4, 0.5) is 11.5 Å². The molecule has 0 atom stereocenters. The average molecular weight is 262 g/mol. The van der Waals surface area contributed by atoms with Crippen LogP contribution in [0.3, 0.4) is 0 Å². The molecule has 0 aliphatic carbocycles. The second-order valence-electron chi connectivity index (χ2n) is 4.39. The van der Waals surface area contributed by atoms with Crippen LogP contribution < -0.4 is 10.6 Å². The Morgan fingerprint density at radius 1 is 1.28 bits per heavy atom. The van der Waals surface area contributed by atoms with E-state index < -0.39 is 0 Å². The minimum atomic E-state index is 0.691. The normalized spacial score (nSPS) is 10.4. The Morgan fingerprint density at radius 3 is 2.56 bits per heavy atom. The van der Waals surface area contributed by atoms with Crippen LogP contribution in [0.25, 0.3) is 0 Å². The maximum atomic E-state index is 5.87. The van der Waals surface area contributed by atoms with Gasteiger partial charge in [0.25, 0.3) is 0 Å². The Balaban J connectivity index is 2.16. The molecule has 2 N–H and O–H groups in total. The number of nitrogen functional groups attached to an aromatic ring is 1. The quantitative estimate of drug-likeness (QED) is 0.922. The molecule has 2 aromatic rings. The lowest BCUT2D eigenvalue weighted by Gasteiger charge is -2.20. The molecule has 0 bridgehead atoms. The lowest BCUT2D eigenvalue weighted by molar-refractivity contribution is 0.891. The minimum Gasteiger partial charge on any atom is -0.397 e. The Labute approximate surface area is 112 Å². The molecule has 0 saturated carbocycles. The number of anilines is 2. The number of aromatic nitrogens is 1. The Hall–Kier alpha value is -1.74. The molecule has 0 unspecified atom stereocenters. The van der Waals surface area contributed by atoms with Gasteiger partial charge in [0.1, 0.15) is 5.82 Å². The number of nitrogens with zero attached hydrogens (tertiary/aromatic N) is 2. The monoisotopic (exact) mass is 261 g/mol. The summed E-state index contributed by atoms with van der Waals surface area (Å²) < 4.78 is 0. The summed E-state index contributed by atoms with van der Waals surface area (Å²) in [6.45, 7) is 2.80. The molecular formula is C14H16ClN3. The largest absolute Gasteiger partial charge is 0.397 e. The zero-order chi connectivity index (χ0) is 13.1. The van der Waals surface area contributed by atoms with Crippen LogP contribution in [-0.2, 0) is 6.54 Å². The van der Waals surface area contributed by atoms with E-state index in [0.29, 0.717) is 5.69 Å². The maximum Gasteiger partial charge on any atom is 0.131 e. The van der Waals surface area contributed by atoms with Gasteiger partial charge in [0.05, 0.1) is 11.9 Å². The van der Waals surface area contributed by atoms with Crippen LogP contribution in [0.5, 0.6) is 0 Å². The molecule has 0 radical (unpaired) electrons. The molecule has 1 aromatic heterocycles. The number of nitrogens with two attached hydrogens (primary N) is 1. The third kappa shape index (κ3) is 2.93. The topological polar surface area (TPSA) is 42.1 Å². The van der Waals surface area contributed by atoms with E-state index in [1.165, 1.54) is 5.56 Å². The molecular weight excluding hydrogens is 246 g/mol. The van der Waals surface area contributed by atoms with Gasteiger partial charge in [0.2, 0.25) is 0 Å². The standard InChI is InChI=1S/C14H16ClN3/c1-10-7-13(16)8-17-14(10)18(2)9-11-3-5-12(15)6-4-11/h3-8H,9,16H2,1-2H3. The van der Waals surface area contributed by atoms with E-state index >= 15 is 0 Å². The van der Waals surface area contributed by atoms with Crippen molar-refractivity contribution in [3.8, 4) is 0 Å². The number of hydrogen-bond acceptors (Lipinski definition) is 3. The summed E-state index contributed by atoms with van der Waals surface area (Å²) in [6.07, 6.45) is 1.68. The summed E-state index contributed by atoms with van der Waals surface area (Å²) in [5, 5.41) is 0.753. The molecule has 0 spiro atoms. The van der Waals surface area contributed by atoms with Gasteiger partial charge in [-0.1, -0.05) is 23.7 Å². The number of benzene rings is 1. The van der Waals surface area contributed by atoms with Crippen molar-refractivity contribution in [1.82, 2.24) is 4.98 Å². The van der Waals surface area contributed by atoms with Crippen LogP contribution in [-0.4, -0.2) is 12.0 Å². The number of halogens is 1. The summed E-state index contributed by atoms with van der Waals surface area (Å²) in [6, 6.07) is 9.76. The highest BCUT2D eigenvalue weighted by Crippen LogP contribution is 2.20. The van der Waals surface area contributed by atoms with Crippen LogP contribution in [0.1, 0.15) is 11.1 Å². The van der Waals surface area contributed by atoms with Crippen molar-refractivity contribution in [3.63, 3.8) is 0 Å². The predicted molar refractivity (Wildman–Crippen MR) is 76.9 cm³/mol. The van der Waals surface area contributed by atoms with Gasteiger partial charge in [-0.3, -0.25) is 0 Å². The second-order valence-corrected chi connectivity index (χ2v) is 4.83. The first-order chi connectivity index (χ1) is 8.56. The first kappa shape index (κ1) is 12.7. The molecule has 18 heavy (non-hydrogen) atoms. The molecule has 4 heteroatoms. The zero-order valence-corrected chi connectivity index (χ0v) is 11.3. The van der Waals surface area contributed by atoms with E-state index in [4.69, 9.17) is 17.3 Å². The summed E-state index contributed by atoms with van der Waals surface area (Å²) in [7, 11) is 2.01. The lowest BCUT2D eigenvalue weighted by Crippen LogP contribution is -2.18. The Bertz CT molecular complexity index is 537. The second kappa shape index (κ2) is 5.27. The highest BCUT2D eigenvalue weighted by molar-refractivity contribution is 6.30. The summed E-state index contributed by atoms with van der Waals surface area (Å²) >= 11 is 5.87. The molecule has 1 heterocycles. The zero-order valence-electron chi connectivity index (χ0n) is 10.5. The predicted octanol–water partition coefficient (Wildman–Crippen LogP) is 3.26. The first-order valence-corrected chi connectivity index (χ1v) is 6.12. The van der Waals surface area contributed by atoms with Gasteiger partial charge in [-0.25, -0.2) is 4.98 Å². The van der Waals surface area contributed by atoms with E-state index in [1.54, 1.807) is 6.20 Å². The molecule has 0 fully saturated rings. The van der Waals surface area contributed by atoms with Gasteiger partial charge >= 0.3 is 0 Å². The highest BCUT2D eigenvalue weighted by atomic mass is 35.5. The van der Waals surface area contributed by atoms with Crippen molar-refractivity contribution in [2.45, 2.75) is 13.5 Å². The van der Waals surface area contributed by atoms with E-state index in [0.717, 1.165) is 22.9 Å². The SMILES string of the molecule is Cc1cc(N)cnc1N(C)Cc1ccc(Cl)cc1. The molecule has 1 aromatic carbocycles. The smallest absolute Gasteiger partial charge is 0.131 e. The number of hydrogen-bond donors (Lipinski definition) is 1.